The topological polar surface area (TPSA) is 66.9 Å². The van der Waals surface area contributed by atoms with Crippen molar-refractivity contribution in [3.05, 3.63) is 66.0 Å². The number of anilines is 1. The molecule has 0 spiro atoms. The molecule has 5 nitrogen and oxygen atoms in total. The summed E-state index contributed by atoms with van der Waals surface area (Å²) < 4.78 is 0. The van der Waals surface area contributed by atoms with Gasteiger partial charge in [-0.25, -0.2) is 4.98 Å². The van der Waals surface area contributed by atoms with Gasteiger partial charge in [0.05, 0.1) is 5.52 Å². The van der Waals surface area contributed by atoms with E-state index in [-0.39, 0.29) is 24.4 Å². The zero-order valence-corrected chi connectivity index (χ0v) is 16.7. The van der Waals surface area contributed by atoms with Crippen LogP contribution in [0.25, 0.3) is 10.9 Å². The molecule has 1 amide bonds. The van der Waals surface area contributed by atoms with Gasteiger partial charge in [-0.3, -0.25) is 9.78 Å². The highest BCUT2D eigenvalue weighted by Gasteiger charge is 2.23. The Morgan fingerprint density at radius 2 is 1.71 bits per heavy atom. The minimum atomic E-state index is -0.0844. The monoisotopic (exact) mass is 396 g/mol. The summed E-state index contributed by atoms with van der Waals surface area (Å²) in [6.45, 7) is 2.12. The van der Waals surface area contributed by atoms with Gasteiger partial charge in [-0.2, -0.15) is 0 Å². The summed E-state index contributed by atoms with van der Waals surface area (Å²) in [7, 11) is 0. The van der Waals surface area contributed by atoms with E-state index in [1.807, 2.05) is 24.3 Å². The first-order valence-corrected chi connectivity index (χ1v) is 9.54. The third-order valence-electron chi connectivity index (χ3n) is 5.23. The summed E-state index contributed by atoms with van der Waals surface area (Å²) in [6.07, 6.45) is 5.60. The van der Waals surface area contributed by atoms with Gasteiger partial charge in [0, 0.05) is 23.7 Å². The van der Waals surface area contributed by atoms with E-state index < -0.39 is 0 Å². The van der Waals surface area contributed by atoms with Crippen LogP contribution in [0.1, 0.15) is 41.7 Å². The molecule has 2 N–H and O–H groups in total. The largest absolute Gasteiger partial charge is 0.367 e. The van der Waals surface area contributed by atoms with Crippen LogP contribution in [-0.2, 0) is 0 Å². The normalized spacial score (nSPS) is 18.9. The summed E-state index contributed by atoms with van der Waals surface area (Å²) in [6, 6.07) is 16.3. The van der Waals surface area contributed by atoms with Crippen LogP contribution in [0.15, 0.2) is 54.7 Å². The Morgan fingerprint density at radius 3 is 2.46 bits per heavy atom. The third kappa shape index (κ3) is 4.60. The van der Waals surface area contributed by atoms with Crippen LogP contribution in [0.5, 0.6) is 0 Å². The van der Waals surface area contributed by atoms with Crippen molar-refractivity contribution in [1.82, 2.24) is 15.3 Å². The first-order valence-electron chi connectivity index (χ1n) is 9.54. The average molecular weight is 397 g/mol. The van der Waals surface area contributed by atoms with Crippen LogP contribution < -0.4 is 10.6 Å². The molecule has 6 heteroatoms. The summed E-state index contributed by atoms with van der Waals surface area (Å²) in [5.74, 6) is 0.853. The first-order chi connectivity index (χ1) is 13.2. The molecule has 3 aromatic rings. The molecular weight excluding hydrogens is 372 g/mol. The fraction of sp³-hybridized carbons (Fsp3) is 0.318. The minimum absolute atomic E-state index is 0. The van der Waals surface area contributed by atoms with Gasteiger partial charge < -0.3 is 10.6 Å². The second kappa shape index (κ2) is 9.02. The van der Waals surface area contributed by atoms with Gasteiger partial charge in [-0.15, -0.1) is 12.4 Å². The molecule has 1 aliphatic rings. The molecule has 0 saturated heterocycles. The van der Waals surface area contributed by atoms with Gasteiger partial charge in [0.2, 0.25) is 0 Å². The van der Waals surface area contributed by atoms with Gasteiger partial charge in [0.25, 0.3) is 5.91 Å². The van der Waals surface area contributed by atoms with Crippen LogP contribution in [-0.4, -0.2) is 28.0 Å². The van der Waals surface area contributed by atoms with Gasteiger partial charge >= 0.3 is 0 Å². The first kappa shape index (κ1) is 20.1. The number of amides is 1. The van der Waals surface area contributed by atoms with Crippen molar-refractivity contribution in [1.29, 1.82) is 0 Å². The van der Waals surface area contributed by atoms with E-state index >= 15 is 0 Å². The van der Waals surface area contributed by atoms with E-state index in [9.17, 15) is 4.79 Å². The predicted molar refractivity (Wildman–Crippen MR) is 115 cm³/mol. The summed E-state index contributed by atoms with van der Waals surface area (Å²) >= 11 is 0. The molecule has 0 bridgehead atoms. The lowest BCUT2D eigenvalue weighted by atomic mass is 9.91. The molecule has 2 aromatic heterocycles. The Balaban J connectivity index is 0.00000225. The number of pyridine rings is 2. The van der Waals surface area contributed by atoms with Crippen molar-refractivity contribution in [2.24, 2.45) is 0 Å². The lowest BCUT2D eigenvalue weighted by Gasteiger charge is -2.30. The summed E-state index contributed by atoms with van der Waals surface area (Å²) in [4.78, 5) is 21.1. The lowest BCUT2D eigenvalue weighted by molar-refractivity contribution is 0.0921. The van der Waals surface area contributed by atoms with Crippen LogP contribution >= 0.6 is 12.4 Å². The maximum absolute atomic E-state index is 12.2. The van der Waals surface area contributed by atoms with Crippen molar-refractivity contribution in [3.8, 4) is 0 Å². The summed E-state index contributed by atoms with van der Waals surface area (Å²) in [5.41, 5.74) is 2.74. The van der Waals surface area contributed by atoms with Crippen molar-refractivity contribution < 1.29 is 4.79 Å². The fourth-order valence-corrected chi connectivity index (χ4v) is 3.77. The molecule has 2 heterocycles. The van der Waals surface area contributed by atoms with Crippen LogP contribution in [0.4, 0.5) is 5.82 Å². The number of nitrogens with one attached hydrogen (secondary N) is 2. The smallest absolute Gasteiger partial charge is 0.270 e. The number of benzene rings is 1. The number of carbonyl (C=O) groups excluding carboxylic acids is 1. The van der Waals surface area contributed by atoms with E-state index in [1.165, 1.54) is 10.9 Å². The molecule has 28 heavy (non-hydrogen) atoms. The maximum atomic E-state index is 12.2. The number of halogens is 1. The number of para-hydroxylation sites is 1. The highest BCUT2D eigenvalue weighted by Crippen LogP contribution is 2.25. The quantitative estimate of drug-likeness (QED) is 0.680. The molecule has 0 radical (unpaired) electrons. The fourth-order valence-electron chi connectivity index (χ4n) is 3.77. The van der Waals surface area contributed by atoms with Gasteiger partial charge in [-0.05, 0) is 62.4 Å². The standard InChI is InChI=1S/C22H24N4O.ClH/c1-15-14-21(26-19-7-3-2-6-18(15)19)24-16-9-11-17(12-10-16)25-22(27)20-8-4-5-13-23-20;/h2-8,13-14,16-17H,9-12H2,1H3,(H,24,26)(H,25,27);1H. The molecular formula is C22H25ClN4O. The van der Waals surface area contributed by atoms with E-state index in [0.717, 1.165) is 37.0 Å². The van der Waals surface area contributed by atoms with Crippen LogP contribution in [0, 0.1) is 6.92 Å². The Labute approximate surface area is 171 Å². The van der Waals surface area contributed by atoms with E-state index in [4.69, 9.17) is 4.98 Å². The molecule has 0 aliphatic heterocycles. The number of hydrogen-bond acceptors (Lipinski definition) is 4. The van der Waals surface area contributed by atoms with E-state index in [1.54, 1.807) is 12.3 Å². The number of rotatable bonds is 4. The van der Waals surface area contributed by atoms with Crippen molar-refractivity contribution in [2.75, 3.05) is 5.32 Å². The molecule has 0 atom stereocenters. The number of fused-ring (bicyclic) bond motifs is 1. The average Bonchev–Trinajstić information content (AvgIpc) is 2.70. The van der Waals surface area contributed by atoms with Crippen molar-refractivity contribution in [3.63, 3.8) is 0 Å². The number of hydrogen-bond donors (Lipinski definition) is 2. The highest BCUT2D eigenvalue weighted by atomic mass is 35.5. The highest BCUT2D eigenvalue weighted by molar-refractivity contribution is 5.92. The Morgan fingerprint density at radius 1 is 1.00 bits per heavy atom. The molecule has 1 fully saturated rings. The molecule has 1 aromatic carbocycles. The summed E-state index contributed by atoms with van der Waals surface area (Å²) in [5, 5.41) is 7.89. The molecule has 4 rings (SSSR count). The SMILES string of the molecule is Cc1cc(NC2CCC(NC(=O)c3ccccn3)CC2)nc2ccccc12.Cl. The van der Waals surface area contributed by atoms with Crippen LogP contribution in [0.2, 0.25) is 0 Å². The number of aromatic nitrogens is 2. The van der Waals surface area contributed by atoms with Gasteiger partial charge in [-0.1, -0.05) is 24.3 Å². The van der Waals surface area contributed by atoms with Crippen molar-refractivity contribution in [2.45, 2.75) is 44.7 Å². The van der Waals surface area contributed by atoms with Crippen molar-refractivity contribution >= 4 is 35.0 Å². The molecule has 1 saturated carbocycles. The Kier molecular flexibility index (Phi) is 6.47. The third-order valence-corrected chi connectivity index (χ3v) is 5.23. The Bertz CT molecular complexity index is 940. The molecule has 146 valence electrons. The van der Waals surface area contributed by atoms with Crippen LogP contribution in [0.3, 0.4) is 0 Å². The zero-order valence-electron chi connectivity index (χ0n) is 15.9. The number of carbonyl (C=O) groups is 1. The van der Waals surface area contributed by atoms with E-state index in [0.29, 0.717) is 11.7 Å². The minimum Gasteiger partial charge on any atom is -0.367 e. The van der Waals surface area contributed by atoms with E-state index in [2.05, 4.69) is 40.7 Å². The molecule has 1 aliphatic carbocycles. The second-order valence-electron chi connectivity index (χ2n) is 7.22. The van der Waals surface area contributed by atoms with Gasteiger partial charge in [0.15, 0.2) is 0 Å². The Hall–Kier alpha value is -2.66. The van der Waals surface area contributed by atoms with Gasteiger partial charge in [0.1, 0.15) is 11.5 Å². The second-order valence-corrected chi connectivity index (χ2v) is 7.22. The number of aryl methyl sites for hydroxylation is 1. The maximum Gasteiger partial charge on any atom is 0.270 e. The number of nitrogens with zero attached hydrogens (tertiary/aromatic N) is 2. The lowest BCUT2D eigenvalue weighted by Crippen LogP contribution is -2.40. The predicted octanol–water partition coefficient (Wildman–Crippen LogP) is 4.51. The zero-order chi connectivity index (χ0) is 18.6. The molecule has 0 unspecified atom stereocenters.